The van der Waals surface area contributed by atoms with E-state index in [-0.39, 0.29) is 6.03 Å². The molecule has 0 aromatic heterocycles. The van der Waals surface area contributed by atoms with Gasteiger partial charge in [-0.1, -0.05) is 11.6 Å². The number of rotatable bonds is 7. The van der Waals surface area contributed by atoms with Gasteiger partial charge in [0.2, 0.25) is 5.75 Å². The average molecular weight is 466 g/mol. The van der Waals surface area contributed by atoms with Crippen molar-refractivity contribution in [3.63, 3.8) is 0 Å². The molecular formula is C22H28ClN3O6. The van der Waals surface area contributed by atoms with Crippen LogP contribution in [0.15, 0.2) is 24.3 Å². The summed E-state index contributed by atoms with van der Waals surface area (Å²) in [4.78, 5) is 16.7. The van der Waals surface area contributed by atoms with Crippen LogP contribution in [0.1, 0.15) is 0 Å². The van der Waals surface area contributed by atoms with Gasteiger partial charge in [0.1, 0.15) is 11.5 Å². The number of methoxy groups -OCH3 is 5. The first-order valence-electron chi connectivity index (χ1n) is 9.98. The zero-order valence-corrected chi connectivity index (χ0v) is 19.6. The van der Waals surface area contributed by atoms with Crippen LogP contribution >= 0.6 is 11.6 Å². The number of piperazine rings is 1. The van der Waals surface area contributed by atoms with E-state index in [0.717, 1.165) is 5.69 Å². The molecule has 0 atom stereocenters. The van der Waals surface area contributed by atoms with Gasteiger partial charge in [-0.2, -0.15) is 0 Å². The molecule has 1 saturated heterocycles. The third-order valence-corrected chi connectivity index (χ3v) is 5.59. The monoisotopic (exact) mass is 465 g/mol. The topological polar surface area (TPSA) is 81.7 Å². The van der Waals surface area contributed by atoms with Crippen molar-refractivity contribution in [2.45, 2.75) is 0 Å². The minimum Gasteiger partial charge on any atom is -0.495 e. The van der Waals surface area contributed by atoms with Crippen LogP contribution in [0.25, 0.3) is 0 Å². The number of benzene rings is 2. The van der Waals surface area contributed by atoms with E-state index in [1.165, 1.54) is 14.2 Å². The lowest BCUT2D eigenvalue weighted by Gasteiger charge is -2.36. The Bertz CT molecular complexity index is 938. The van der Waals surface area contributed by atoms with Crippen LogP contribution in [0, 0.1) is 0 Å². The zero-order chi connectivity index (χ0) is 23.3. The summed E-state index contributed by atoms with van der Waals surface area (Å²) in [7, 11) is 7.79. The van der Waals surface area contributed by atoms with E-state index in [1.807, 2.05) is 12.1 Å². The molecule has 2 aromatic carbocycles. The molecule has 0 saturated carbocycles. The first kappa shape index (κ1) is 23.5. The van der Waals surface area contributed by atoms with Crippen molar-refractivity contribution in [1.29, 1.82) is 0 Å². The van der Waals surface area contributed by atoms with Crippen molar-refractivity contribution in [3.05, 3.63) is 29.3 Å². The molecule has 1 fully saturated rings. The highest BCUT2D eigenvalue weighted by atomic mass is 35.5. The molecule has 0 spiro atoms. The van der Waals surface area contributed by atoms with Crippen LogP contribution in [0.5, 0.6) is 28.7 Å². The molecule has 0 bridgehead atoms. The fourth-order valence-corrected chi connectivity index (χ4v) is 3.81. The minimum absolute atomic E-state index is 0.228. The van der Waals surface area contributed by atoms with Crippen molar-refractivity contribution in [2.75, 3.05) is 71.9 Å². The first-order chi connectivity index (χ1) is 15.4. The number of urea groups is 1. The molecule has 1 heterocycles. The second kappa shape index (κ2) is 10.4. The van der Waals surface area contributed by atoms with E-state index in [9.17, 15) is 4.79 Å². The number of anilines is 2. The number of nitrogens with zero attached hydrogens (tertiary/aromatic N) is 2. The number of hydrogen-bond donors (Lipinski definition) is 1. The number of ether oxygens (including phenoxy) is 5. The minimum atomic E-state index is -0.228. The summed E-state index contributed by atoms with van der Waals surface area (Å²) in [5.74, 6) is 2.66. The maximum absolute atomic E-state index is 12.8. The van der Waals surface area contributed by atoms with E-state index in [2.05, 4.69) is 10.2 Å². The van der Waals surface area contributed by atoms with Crippen LogP contribution in [-0.4, -0.2) is 72.7 Å². The van der Waals surface area contributed by atoms with Gasteiger partial charge in [-0.15, -0.1) is 0 Å². The molecule has 0 unspecified atom stereocenters. The summed E-state index contributed by atoms with van der Waals surface area (Å²) in [6.07, 6.45) is 0. The largest absolute Gasteiger partial charge is 0.495 e. The number of carbonyl (C=O) groups excluding carboxylic acids is 1. The molecular weight excluding hydrogens is 438 g/mol. The SMILES string of the molecule is COc1cc(OC)c(NC(=O)N2CCN(c3cc(OC)c(OC)c(OC)c3)CC2)cc1Cl. The highest BCUT2D eigenvalue weighted by molar-refractivity contribution is 6.32. The Hall–Kier alpha value is -3.20. The van der Waals surface area contributed by atoms with Crippen molar-refractivity contribution < 1.29 is 28.5 Å². The fourth-order valence-electron chi connectivity index (χ4n) is 3.57. The second-order valence-electron chi connectivity index (χ2n) is 6.97. The maximum Gasteiger partial charge on any atom is 0.322 e. The molecule has 2 aromatic rings. The van der Waals surface area contributed by atoms with Gasteiger partial charge in [0.25, 0.3) is 0 Å². The summed E-state index contributed by atoms with van der Waals surface area (Å²) in [5.41, 5.74) is 1.42. The lowest BCUT2D eigenvalue weighted by Crippen LogP contribution is -2.50. The van der Waals surface area contributed by atoms with Crippen molar-refractivity contribution >= 4 is 29.0 Å². The number of carbonyl (C=O) groups is 1. The predicted molar refractivity (Wildman–Crippen MR) is 123 cm³/mol. The second-order valence-corrected chi connectivity index (χ2v) is 7.38. The van der Waals surface area contributed by atoms with Gasteiger partial charge in [0, 0.05) is 50.1 Å². The van der Waals surface area contributed by atoms with E-state index in [1.54, 1.807) is 38.4 Å². The highest BCUT2D eigenvalue weighted by Crippen LogP contribution is 2.41. The summed E-state index contributed by atoms with van der Waals surface area (Å²) < 4.78 is 26.8. The van der Waals surface area contributed by atoms with Crippen LogP contribution in [0.2, 0.25) is 5.02 Å². The van der Waals surface area contributed by atoms with Crippen molar-refractivity contribution in [1.82, 2.24) is 4.90 Å². The maximum atomic E-state index is 12.8. The first-order valence-corrected chi connectivity index (χ1v) is 10.4. The number of amides is 2. The highest BCUT2D eigenvalue weighted by Gasteiger charge is 2.24. The van der Waals surface area contributed by atoms with Crippen molar-refractivity contribution in [3.8, 4) is 28.7 Å². The molecule has 1 aliphatic rings. The van der Waals surface area contributed by atoms with E-state index >= 15 is 0 Å². The summed E-state index contributed by atoms with van der Waals surface area (Å²) in [6.45, 7) is 2.36. The molecule has 10 heteroatoms. The number of halogens is 1. The zero-order valence-electron chi connectivity index (χ0n) is 18.9. The Balaban J connectivity index is 1.69. The lowest BCUT2D eigenvalue weighted by molar-refractivity contribution is 0.208. The van der Waals surface area contributed by atoms with Gasteiger partial charge < -0.3 is 38.8 Å². The Morgan fingerprint density at radius 3 is 1.84 bits per heavy atom. The Labute approximate surface area is 192 Å². The quantitative estimate of drug-likeness (QED) is 0.667. The average Bonchev–Trinajstić information content (AvgIpc) is 2.83. The Kier molecular flexibility index (Phi) is 7.63. The van der Waals surface area contributed by atoms with Gasteiger partial charge in [-0.3, -0.25) is 0 Å². The summed E-state index contributed by atoms with van der Waals surface area (Å²) in [6, 6.07) is 6.83. The smallest absolute Gasteiger partial charge is 0.322 e. The van der Waals surface area contributed by atoms with Crippen LogP contribution < -0.4 is 33.9 Å². The number of hydrogen-bond acceptors (Lipinski definition) is 7. The molecule has 1 N–H and O–H groups in total. The molecule has 2 amide bonds. The van der Waals surface area contributed by atoms with Crippen LogP contribution in [0.3, 0.4) is 0 Å². The summed E-state index contributed by atoms with van der Waals surface area (Å²) >= 11 is 6.20. The van der Waals surface area contributed by atoms with Gasteiger partial charge in [-0.05, 0) is 6.07 Å². The molecule has 3 rings (SSSR count). The molecule has 174 valence electrons. The standard InChI is InChI=1S/C22H28ClN3O6/c1-28-17-13-18(29-2)16(12-15(17)23)24-22(27)26-8-6-25(7-9-26)14-10-19(30-3)21(32-5)20(11-14)31-4/h10-13H,6-9H2,1-5H3,(H,24,27). The molecule has 0 radical (unpaired) electrons. The van der Waals surface area contributed by atoms with Crippen molar-refractivity contribution in [2.24, 2.45) is 0 Å². The van der Waals surface area contributed by atoms with Crippen LogP contribution in [0.4, 0.5) is 16.2 Å². The predicted octanol–water partition coefficient (Wildman–Crippen LogP) is 3.74. The van der Waals surface area contributed by atoms with E-state index < -0.39 is 0 Å². The van der Waals surface area contributed by atoms with Gasteiger partial charge in [0.15, 0.2) is 11.5 Å². The normalized spacial score (nSPS) is 13.4. The third-order valence-electron chi connectivity index (χ3n) is 5.30. The number of nitrogens with one attached hydrogen (secondary N) is 1. The molecule has 1 aliphatic heterocycles. The summed E-state index contributed by atoms with van der Waals surface area (Å²) in [5, 5.41) is 3.26. The van der Waals surface area contributed by atoms with Crippen LogP contribution in [-0.2, 0) is 0 Å². The Morgan fingerprint density at radius 1 is 0.781 bits per heavy atom. The van der Waals surface area contributed by atoms with Gasteiger partial charge in [0.05, 0.1) is 46.3 Å². The van der Waals surface area contributed by atoms with E-state index in [0.29, 0.717) is 65.6 Å². The third kappa shape index (κ3) is 4.83. The Morgan fingerprint density at radius 2 is 1.34 bits per heavy atom. The van der Waals surface area contributed by atoms with Gasteiger partial charge >= 0.3 is 6.03 Å². The molecule has 32 heavy (non-hydrogen) atoms. The molecule has 0 aliphatic carbocycles. The lowest BCUT2D eigenvalue weighted by atomic mass is 10.2. The van der Waals surface area contributed by atoms with Gasteiger partial charge in [-0.25, -0.2) is 4.79 Å². The van der Waals surface area contributed by atoms with E-state index in [4.69, 9.17) is 35.3 Å². The molecule has 9 nitrogen and oxygen atoms in total. The fraction of sp³-hybridized carbons (Fsp3) is 0.409.